The average molecular weight is 256 g/mol. The average Bonchev–Trinajstić information content (AvgIpc) is 2.86. The van der Waals surface area contributed by atoms with E-state index in [1.807, 2.05) is 13.8 Å². The first-order chi connectivity index (χ1) is 8.56. The van der Waals surface area contributed by atoms with E-state index in [-0.39, 0.29) is 35.3 Å². The van der Waals surface area contributed by atoms with E-state index < -0.39 is 0 Å². The molecule has 2 aliphatic heterocycles. The summed E-state index contributed by atoms with van der Waals surface area (Å²) in [5.41, 5.74) is 5.45. The summed E-state index contributed by atoms with van der Waals surface area (Å²) in [4.78, 5) is 15.5. The molecule has 2 rings (SSSR count). The third kappa shape index (κ3) is 2.77. The number of carbonyl (C=O) groups excluding carboxylic acids is 1. The summed E-state index contributed by atoms with van der Waals surface area (Å²) in [6.45, 7) is 3.99. The zero-order chi connectivity index (χ0) is 13.8. The molecule has 0 spiro atoms. The fourth-order valence-corrected chi connectivity index (χ4v) is 1.99. The van der Waals surface area contributed by atoms with E-state index in [9.17, 15) is 4.79 Å². The van der Waals surface area contributed by atoms with Gasteiger partial charge in [-0.25, -0.2) is 4.79 Å². The molecule has 0 aromatic rings. The van der Waals surface area contributed by atoms with Crippen molar-refractivity contribution in [2.24, 2.45) is 10.7 Å². The van der Waals surface area contributed by atoms with Crippen molar-refractivity contribution < 1.29 is 19.1 Å². The minimum absolute atomic E-state index is 0.0141. The van der Waals surface area contributed by atoms with Crippen LogP contribution in [-0.4, -0.2) is 47.4 Å². The lowest BCUT2D eigenvalue weighted by Crippen LogP contribution is -2.53. The van der Waals surface area contributed by atoms with Gasteiger partial charge >= 0.3 is 6.03 Å². The topological polar surface area (TPSA) is 84.9 Å². The molecule has 3 unspecified atom stereocenters. The van der Waals surface area contributed by atoms with Gasteiger partial charge in [0.15, 0.2) is 0 Å². The van der Waals surface area contributed by atoms with Gasteiger partial charge in [-0.3, -0.25) is 0 Å². The number of ether oxygens (including phenoxy) is 1. The number of carbonyl (C=O) groups is 1. The minimum Gasteiger partial charge on any atom is -0.394 e. The fraction of sp³-hybridized carbons (Fsp3) is 0.667. The number of hydrogen-bond acceptors (Lipinski definition) is 4. The van der Waals surface area contributed by atoms with Gasteiger partial charge in [-0.05, 0) is 6.42 Å². The van der Waals surface area contributed by atoms with E-state index in [4.69, 9.17) is 15.6 Å². The van der Waals surface area contributed by atoms with Gasteiger partial charge < -0.3 is 15.6 Å². The lowest BCUT2D eigenvalue weighted by atomic mass is 10.2. The molecule has 2 amide bonds. The van der Waals surface area contributed by atoms with Crippen LogP contribution < -0.4 is 5.73 Å². The van der Waals surface area contributed by atoms with Crippen LogP contribution in [0.1, 0.15) is 26.7 Å². The number of aliphatic imine (C=N–C) groups is 1. The third-order valence-corrected chi connectivity index (χ3v) is 3.08. The second kappa shape index (κ2) is 6.08. The van der Waals surface area contributed by atoms with Crippen molar-refractivity contribution in [1.29, 1.82) is 0 Å². The molecule has 1 fully saturated rings. The summed E-state index contributed by atoms with van der Waals surface area (Å²) >= 11 is 0. The number of aliphatic hydroxyl groups is 1. The van der Waals surface area contributed by atoms with Crippen LogP contribution in [0, 0.1) is 0 Å². The van der Waals surface area contributed by atoms with Crippen LogP contribution >= 0.6 is 0 Å². The van der Waals surface area contributed by atoms with Crippen LogP contribution in [0.25, 0.3) is 0 Å². The molecule has 18 heavy (non-hydrogen) atoms. The number of quaternary nitrogens is 1. The monoisotopic (exact) mass is 256 g/mol. The number of rotatable bonds is 2. The van der Waals surface area contributed by atoms with Crippen LogP contribution in [0.5, 0.6) is 0 Å². The summed E-state index contributed by atoms with van der Waals surface area (Å²) in [5, 5.41) is 8.99. The highest BCUT2D eigenvalue weighted by Crippen LogP contribution is 2.29. The summed E-state index contributed by atoms with van der Waals surface area (Å²) in [5.74, 6) is 0.220. The zero-order valence-electron chi connectivity index (χ0n) is 11.2. The summed E-state index contributed by atoms with van der Waals surface area (Å²) < 4.78 is 5.57. The van der Waals surface area contributed by atoms with E-state index in [0.717, 1.165) is 12.8 Å². The maximum atomic E-state index is 11.8. The predicted molar refractivity (Wildman–Crippen MR) is 68.7 cm³/mol. The van der Waals surface area contributed by atoms with Crippen LogP contribution in [0.3, 0.4) is 0 Å². The number of hydrogen-bond donors (Lipinski definition) is 2. The predicted octanol–water partition coefficient (Wildman–Crippen LogP) is 0.961. The van der Waals surface area contributed by atoms with Gasteiger partial charge in [0.25, 0.3) is 0 Å². The number of urea groups is 1. The van der Waals surface area contributed by atoms with Crippen molar-refractivity contribution >= 4 is 11.9 Å². The molecule has 0 radical (unpaired) electrons. The lowest BCUT2D eigenvalue weighted by Gasteiger charge is -2.32. The number of nitrogens with two attached hydrogens (primary N) is 1. The fourth-order valence-electron chi connectivity index (χ4n) is 1.99. The van der Waals surface area contributed by atoms with Gasteiger partial charge in [-0.1, -0.05) is 13.8 Å². The van der Waals surface area contributed by atoms with Crippen molar-refractivity contribution in [3.05, 3.63) is 12.3 Å². The second-order valence-electron chi connectivity index (χ2n) is 4.25. The minimum atomic E-state index is -0.330. The molecular weight excluding hydrogens is 234 g/mol. The molecule has 0 bridgehead atoms. The van der Waals surface area contributed by atoms with Crippen LogP contribution in [0.4, 0.5) is 4.79 Å². The normalized spacial score (nSPS) is 34.9. The molecule has 102 valence electrons. The number of amides is 2. The van der Waals surface area contributed by atoms with Gasteiger partial charge in [0.2, 0.25) is 6.23 Å². The zero-order valence-corrected chi connectivity index (χ0v) is 11.2. The Morgan fingerprint density at radius 1 is 1.56 bits per heavy atom. The molecule has 1 saturated heterocycles. The van der Waals surface area contributed by atoms with Crippen molar-refractivity contribution in [1.82, 2.24) is 0 Å². The Balaban J connectivity index is 0.000000771. The molecular formula is C12H22N3O3+. The van der Waals surface area contributed by atoms with Gasteiger partial charge in [-0.15, -0.1) is 4.99 Å². The van der Waals surface area contributed by atoms with Gasteiger partial charge in [0.05, 0.1) is 19.8 Å². The highest BCUT2D eigenvalue weighted by molar-refractivity contribution is 5.99. The highest BCUT2D eigenvalue weighted by atomic mass is 16.5. The Morgan fingerprint density at radius 2 is 2.22 bits per heavy atom. The number of amidine groups is 1. The first kappa shape index (κ1) is 14.8. The van der Waals surface area contributed by atoms with Gasteiger partial charge in [0.1, 0.15) is 12.0 Å². The Labute approximate surface area is 107 Å². The second-order valence-corrected chi connectivity index (χ2v) is 4.25. The maximum Gasteiger partial charge on any atom is 0.451 e. The van der Waals surface area contributed by atoms with Crippen LogP contribution in [-0.2, 0) is 4.74 Å². The van der Waals surface area contributed by atoms with E-state index >= 15 is 0 Å². The molecule has 2 heterocycles. The first-order valence-electron chi connectivity index (χ1n) is 6.26. The Kier molecular flexibility index (Phi) is 5.01. The molecule has 0 aliphatic carbocycles. The molecule has 3 atom stereocenters. The van der Waals surface area contributed by atoms with Crippen molar-refractivity contribution in [2.75, 3.05) is 13.7 Å². The third-order valence-electron chi connectivity index (χ3n) is 3.08. The molecule has 0 aromatic heterocycles. The number of aliphatic hydroxyl groups excluding tert-OH is 1. The van der Waals surface area contributed by atoms with E-state index in [0.29, 0.717) is 0 Å². The standard InChI is InChI=1S/C10H15N3O3.C2H6/c1-13(5-4-8(11)12-10(13)15)9-3-2-7(6-14)16-9;1-2/h4-5,7,9,14H,2-3,6H2,1H3,(H-,11,12,15);1-2H3/p+1. The quantitative estimate of drug-likeness (QED) is 0.721. The first-order valence-corrected chi connectivity index (χ1v) is 6.26. The Morgan fingerprint density at radius 3 is 2.72 bits per heavy atom. The molecule has 6 nitrogen and oxygen atoms in total. The van der Waals surface area contributed by atoms with Gasteiger partial charge in [0, 0.05) is 12.5 Å². The van der Waals surface area contributed by atoms with Gasteiger partial charge in [-0.2, -0.15) is 4.48 Å². The molecule has 2 aliphatic rings. The highest BCUT2D eigenvalue weighted by Gasteiger charge is 2.45. The van der Waals surface area contributed by atoms with Crippen LogP contribution in [0.2, 0.25) is 0 Å². The summed E-state index contributed by atoms with van der Waals surface area (Å²) in [6.07, 6.45) is 4.33. The summed E-state index contributed by atoms with van der Waals surface area (Å²) in [7, 11) is 1.74. The molecule has 0 saturated carbocycles. The number of nitrogens with zero attached hydrogens (tertiary/aromatic N) is 2. The lowest BCUT2D eigenvalue weighted by molar-refractivity contribution is -0.830. The van der Waals surface area contributed by atoms with Crippen LogP contribution in [0.15, 0.2) is 17.3 Å². The smallest absolute Gasteiger partial charge is 0.394 e. The van der Waals surface area contributed by atoms with Crippen molar-refractivity contribution in [2.45, 2.75) is 39.0 Å². The van der Waals surface area contributed by atoms with E-state index in [2.05, 4.69) is 4.99 Å². The summed E-state index contributed by atoms with van der Waals surface area (Å²) in [6, 6.07) is -0.330. The van der Waals surface area contributed by atoms with E-state index in [1.54, 1.807) is 19.3 Å². The SMILES string of the molecule is CC.C[N+]1(C2CCC(CO)O2)C=CC(N)=NC1=O. The maximum absolute atomic E-state index is 11.8. The van der Waals surface area contributed by atoms with Crippen molar-refractivity contribution in [3.63, 3.8) is 0 Å². The van der Waals surface area contributed by atoms with E-state index in [1.165, 1.54) is 0 Å². The Hall–Kier alpha value is -1.24. The largest absolute Gasteiger partial charge is 0.451 e. The molecule has 0 aromatic carbocycles. The molecule has 6 heteroatoms. The Bertz CT molecular complexity index is 368. The van der Waals surface area contributed by atoms with Crippen molar-refractivity contribution in [3.8, 4) is 0 Å². The molecule has 3 N–H and O–H groups in total.